The third-order valence-corrected chi connectivity index (χ3v) is 8.88. The highest BCUT2D eigenvalue weighted by molar-refractivity contribution is 5.70. The van der Waals surface area contributed by atoms with E-state index in [0.717, 1.165) is 65.9 Å². The van der Waals surface area contributed by atoms with Gasteiger partial charge < -0.3 is 14.6 Å². The average Bonchev–Trinajstić information content (AvgIpc) is 3.78. The van der Waals surface area contributed by atoms with Crippen molar-refractivity contribution in [1.82, 2.24) is 9.88 Å². The standard InChI is InChI=1S/C34H41FN2O4/c1-5-15-37(34(6-2)12-13-34)21-26-18-28(29(35)20-27(26)25-11-14-36-32(19-25)40-4)30-10-9-24-8-7-23(17-31(24)41-30)16-22(3)33(38)39/h7-8,11,14,17-20,22,30H,5-6,9-10,12-13,15-16,21H2,1-4H3,(H,38,39). The molecule has 5 rings (SSSR count). The molecule has 6 nitrogen and oxygen atoms in total. The first-order valence-corrected chi connectivity index (χ1v) is 14.9. The first kappa shape index (κ1) is 29.1. The van der Waals surface area contributed by atoms with Crippen LogP contribution in [0.3, 0.4) is 0 Å². The molecule has 0 spiro atoms. The number of aromatic nitrogens is 1. The lowest BCUT2D eigenvalue weighted by molar-refractivity contribution is -0.141. The monoisotopic (exact) mass is 560 g/mol. The fourth-order valence-corrected chi connectivity index (χ4v) is 6.17. The van der Waals surface area contributed by atoms with Gasteiger partial charge in [0, 0.05) is 29.9 Å². The maximum atomic E-state index is 16.0. The Hall–Kier alpha value is -3.45. The molecular weight excluding hydrogens is 519 g/mol. The number of hydrogen-bond donors (Lipinski definition) is 1. The molecule has 2 aromatic carbocycles. The molecule has 0 bridgehead atoms. The number of fused-ring (bicyclic) bond motifs is 1. The Morgan fingerprint density at radius 2 is 2.02 bits per heavy atom. The number of aryl methyl sites for hydroxylation is 1. The van der Waals surface area contributed by atoms with Gasteiger partial charge >= 0.3 is 5.97 Å². The number of nitrogens with zero attached hydrogens (tertiary/aromatic N) is 2. The highest BCUT2D eigenvalue weighted by Gasteiger charge is 2.45. The van der Waals surface area contributed by atoms with E-state index < -0.39 is 18.0 Å². The van der Waals surface area contributed by atoms with E-state index in [1.807, 2.05) is 36.4 Å². The summed E-state index contributed by atoms with van der Waals surface area (Å²) < 4.78 is 27.8. The zero-order chi connectivity index (χ0) is 29.1. The minimum atomic E-state index is -0.823. The number of pyridine rings is 1. The molecular formula is C34H41FN2O4. The molecule has 0 saturated heterocycles. The average molecular weight is 561 g/mol. The van der Waals surface area contributed by atoms with Crippen LogP contribution in [-0.4, -0.2) is 40.2 Å². The fraction of sp³-hybridized carbons (Fsp3) is 0.471. The number of aliphatic carboxylic acids is 1. The van der Waals surface area contributed by atoms with Crippen molar-refractivity contribution in [3.05, 3.63) is 76.7 Å². The fourth-order valence-electron chi connectivity index (χ4n) is 6.17. The smallest absolute Gasteiger partial charge is 0.306 e. The van der Waals surface area contributed by atoms with E-state index in [-0.39, 0.29) is 11.4 Å². The lowest BCUT2D eigenvalue weighted by Gasteiger charge is -2.33. The summed E-state index contributed by atoms with van der Waals surface area (Å²) in [5.41, 5.74) is 5.57. The van der Waals surface area contributed by atoms with Crippen LogP contribution in [0.1, 0.15) is 81.2 Å². The van der Waals surface area contributed by atoms with Gasteiger partial charge in [-0.1, -0.05) is 32.9 Å². The van der Waals surface area contributed by atoms with Gasteiger partial charge in [0.15, 0.2) is 0 Å². The van der Waals surface area contributed by atoms with Crippen LogP contribution >= 0.6 is 0 Å². The van der Waals surface area contributed by atoms with Crippen LogP contribution < -0.4 is 9.47 Å². The van der Waals surface area contributed by atoms with Crippen molar-refractivity contribution in [1.29, 1.82) is 0 Å². The molecule has 1 saturated carbocycles. The summed E-state index contributed by atoms with van der Waals surface area (Å²) in [6, 6.07) is 13.4. The van der Waals surface area contributed by atoms with E-state index in [1.54, 1.807) is 26.3 Å². The number of benzene rings is 2. The molecule has 218 valence electrons. The van der Waals surface area contributed by atoms with Crippen molar-refractivity contribution in [2.24, 2.45) is 5.92 Å². The molecule has 41 heavy (non-hydrogen) atoms. The number of carboxylic acids is 1. The van der Waals surface area contributed by atoms with Gasteiger partial charge in [0.05, 0.1) is 13.0 Å². The Labute approximate surface area is 242 Å². The Bertz CT molecular complexity index is 1400. The van der Waals surface area contributed by atoms with Crippen molar-refractivity contribution in [2.75, 3.05) is 13.7 Å². The third-order valence-electron chi connectivity index (χ3n) is 8.88. The molecule has 2 heterocycles. The molecule has 2 atom stereocenters. The SMILES string of the molecule is CCCN(Cc1cc(C2CCc3ccc(CC(C)C(=O)O)cc3O2)c(F)cc1-c1ccnc(OC)c1)C1(CC)CC1. The Kier molecular flexibility index (Phi) is 8.64. The van der Waals surface area contributed by atoms with Gasteiger partial charge in [0.25, 0.3) is 0 Å². The normalized spacial score (nSPS) is 18.0. The molecule has 1 aromatic heterocycles. The molecule has 2 aliphatic rings. The van der Waals surface area contributed by atoms with E-state index in [4.69, 9.17) is 9.47 Å². The molecule has 0 amide bonds. The van der Waals surface area contributed by atoms with Crippen molar-refractivity contribution in [2.45, 2.75) is 83.9 Å². The Morgan fingerprint density at radius 3 is 2.71 bits per heavy atom. The molecule has 1 fully saturated rings. The molecule has 7 heteroatoms. The molecule has 1 aliphatic heterocycles. The summed E-state index contributed by atoms with van der Waals surface area (Å²) in [6.45, 7) is 7.90. The van der Waals surface area contributed by atoms with Crippen LogP contribution in [-0.2, 0) is 24.2 Å². The highest BCUT2D eigenvalue weighted by atomic mass is 19.1. The molecule has 3 aromatic rings. The van der Waals surface area contributed by atoms with Crippen molar-refractivity contribution in [3.8, 4) is 22.8 Å². The van der Waals surface area contributed by atoms with E-state index in [9.17, 15) is 9.90 Å². The van der Waals surface area contributed by atoms with Crippen LogP contribution in [0.15, 0.2) is 48.7 Å². The molecule has 2 unspecified atom stereocenters. The number of ether oxygens (including phenoxy) is 2. The second-order valence-electron chi connectivity index (χ2n) is 11.6. The van der Waals surface area contributed by atoms with Crippen LogP contribution in [0, 0.1) is 11.7 Å². The van der Waals surface area contributed by atoms with Crippen molar-refractivity contribution >= 4 is 5.97 Å². The Balaban J connectivity index is 1.51. The van der Waals surface area contributed by atoms with Crippen LogP contribution in [0.2, 0.25) is 0 Å². The van der Waals surface area contributed by atoms with Gasteiger partial charge in [-0.05, 0) is 104 Å². The number of rotatable bonds is 12. The van der Waals surface area contributed by atoms with Gasteiger partial charge in [0.1, 0.15) is 17.7 Å². The summed E-state index contributed by atoms with van der Waals surface area (Å²) in [5.74, 6) is -0.388. The van der Waals surface area contributed by atoms with Crippen LogP contribution in [0.25, 0.3) is 11.1 Å². The van der Waals surface area contributed by atoms with E-state index >= 15 is 4.39 Å². The van der Waals surface area contributed by atoms with Crippen LogP contribution in [0.5, 0.6) is 11.6 Å². The summed E-state index contributed by atoms with van der Waals surface area (Å²) in [7, 11) is 1.59. The topological polar surface area (TPSA) is 71.9 Å². The lowest BCUT2D eigenvalue weighted by atomic mass is 9.91. The maximum Gasteiger partial charge on any atom is 0.306 e. The minimum Gasteiger partial charge on any atom is -0.485 e. The summed E-state index contributed by atoms with van der Waals surface area (Å²) in [4.78, 5) is 18.2. The number of halogens is 1. The van der Waals surface area contributed by atoms with Crippen molar-refractivity contribution in [3.63, 3.8) is 0 Å². The number of carboxylic acid groups (broad SMARTS) is 1. The van der Waals surface area contributed by atoms with Gasteiger partial charge in [-0.3, -0.25) is 9.69 Å². The minimum absolute atomic E-state index is 0.224. The third kappa shape index (κ3) is 6.25. The zero-order valence-corrected chi connectivity index (χ0v) is 24.6. The second-order valence-corrected chi connectivity index (χ2v) is 11.6. The second kappa shape index (κ2) is 12.2. The van der Waals surface area contributed by atoms with Crippen molar-refractivity contribution < 1.29 is 23.8 Å². The lowest BCUT2D eigenvalue weighted by Crippen LogP contribution is -2.37. The van der Waals surface area contributed by atoms with Gasteiger partial charge in [-0.15, -0.1) is 0 Å². The number of carbonyl (C=O) groups is 1. The maximum absolute atomic E-state index is 16.0. The largest absolute Gasteiger partial charge is 0.485 e. The van der Waals surface area contributed by atoms with E-state index in [1.165, 1.54) is 12.8 Å². The van der Waals surface area contributed by atoms with Crippen LogP contribution in [0.4, 0.5) is 4.39 Å². The number of hydrogen-bond acceptors (Lipinski definition) is 5. The first-order valence-electron chi connectivity index (χ1n) is 14.9. The van der Waals surface area contributed by atoms with Gasteiger partial charge in [0.2, 0.25) is 5.88 Å². The zero-order valence-electron chi connectivity index (χ0n) is 24.6. The van der Waals surface area contributed by atoms with E-state index in [0.29, 0.717) is 24.3 Å². The van der Waals surface area contributed by atoms with E-state index in [2.05, 4.69) is 23.7 Å². The number of methoxy groups -OCH3 is 1. The predicted octanol–water partition coefficient (Wildman–Crippen LogP) is 7.38. The quantitative estimate of drug-likeness (QED) is 0.249. The molecule has 0 radical (unpaired) electrons. The summed E-state index contributed by atoms with van der Waals surface area (Å²) >= 11 is 0. The van der Waals surface area contributed by atoms with Gasteiger partial charge in [-0.2, -0.15) is 0 Å². The summed E-state index contributed by atoms with van der Waals surface area (Å²) in [5, 5.41) is 9.34. The first-order chi connectivity index (χ1) is 19.8. The Morgan fingerprint density at radius 1 is 1.22 bits per heavy atom. The molecule has 1 aliphatic carbocycles. The van der Waals surface area contributed by atoms with Gasteiger partial charge in [-0.25, -0.2) is 9.37 Å². The summed E-state index contributed by atoms with van der Waals surface area (Å²) in [6.07, 6.45) is 7.70. The highest BCUT2D eigenvalue weighted by Crippen LogP contribution is 2.46. The molecule has 1 N–H and O–H groups in total. The predicted molar refractivity (Wildman–Crippen MR) is 158 cm³/mol.